The number of carbonyl (C=O) groups excluding carboxylic acids is 1. The number of rotatable bonds is 7. The second kappa shape index (κ2) is 8.70. The number of benzene rings is 2. The molecule has 1 amide bonds. The molecule has 2 aromatic carbocycles. The molecule has 0 heterocycles. The van der Waals surface area contributed by atoms with Gasteiger partial charge in [0.1, 0.15) is 0 Å². The van der Waals surface area contributed by atoms with E-state index in [0.717, 1.165) is 15.6 Å². The third kappa shape index (κ3) is 4.72. The van der Waals surface area contributed by atoms with Crippen molar-refractivity contribution in [1.29, 1.82) is 0 Å². The van der Waals surface area contributed by atoms with E-state index >= 15 is 0 Å². The van der Waals surface area contributed by atoms with Gasteiger partial charge in [-0.25, -0.2) is 0 Å². The van der Waals surface area contributed by atoms with E-state index in [9.17, 15) is 4.79 Å². The standard InChI is InChI=1S/C18H21BrN2O3/c1-23-16-10-13(8-14(19)17(16)24-2)11-21-18(22)15(20)9-12-6-4-3-5-7-12/h3-8,10,15H,9,11,20H2,1-2H3,(H,21,22)/t15-/m0/s1. The van der Waals surface area contributed by atoms with Gasteiger partial charge in [-0.2, -0.15) is 0 Å². The highest BCUT2D eigenvalue weighted by molar-refractivity contribution is 9.10. The molecule has 24 heavy (non-hydrogen) atoms. The Balaban J connectivity index is 1.97. The minimum Gasteiger partial charge on any atom is -0.493 e. The summed E-state index contributed by atoms with van der Waals surface area (Å²) in [5, 5.41) is 2.85. The Kier molecular flexibility index (Phi) is 6.63. The molecule has 3 N–H and O–H groups in total. The number of halogens is 1. The fraction of sp³-hybridized carbons (Fsp3) is 0.278. The average Bonchev–Trinajstić information content (AvgIpc) is 2.59. The summed E-state index contributed by atoms with van der Waals surface area (Å²) in [6, 6.07) is 12.8. The Hall–Kier alpha value is -2.05. The zero-order chi connectivity index (χ0) is 17.5. The van der Waals surface area contributed by atoms with Crippen molar-refractivity contribution in [1.82, 2.24) is 5.32 Å². The van der Waals surface area contributed by atoms with Gasteiger partial charge in [0, 0.05) is 6.54 Å². The maximum Gasteiger partial charge on any atom is 0.237 e. The Labute approximate surface area is 150 Å². The molecule has 5 nitrogen and oxygen atoms in total. The van der Waals surface area contributed by atoms with Gasteiger partial charge in [-0.15, -0.1) is 0 Å². The van der Waals surface area contributed by atoms with Crippen LogP contribution in [-0.4, -0.2) is 26.2 Å². The normalized spacial score (nSPS) is 11.7. The van der Waals surface area contributed by atoms with E-state index in [1.807, 2.05) is 42.5 Å². The summed E-state index contributed by atoms with van der Waals surface area (Å²) in [5.41, 5.74) is 7.90. The lowest BCUT2D eigenvalue weighted by Crippen LogP contribution is -2.41. The minimum absolute atomic E-state index is 0.190. The van der Waals surface area contributed by atoms with E-state index in [4.69, 9.17) is 15.2 Å². The number of methoxy groups -OCH3 is 2. The quantitative estimate of drug-likeness (QED) is 0.759. The van der Waals surface area contributed by atoms with Crippen molar-refractivity contribution in [2.75, 3.05) is 14.2 Å². The van der Waals surface area contributed by atoms with E-state index in [0.29, 0.717) is 24.5 Å². The van der Waals surface area contributed by atoms with Crippen LogP contribution in [0.25, 0.3) is 0 Å². The summed E-state index contributed by atoms with van der Waals surface area (Å²) < 4.78 is 11.3. The lowest BCUT2D eigenvalue weighted by atomic mass is 10.1. The van der Waals surface area contributed by atoms with Crippen LogP contribution in [0.1, 0.15) is 11.1 Å². The number of nitrogens with one attached hydrogen (secondary N) is 1. The molecular formula is C18H21BrN2O3. The molecular weight excluding hydrogens is 372 g/mol. The summed E-state index contributed by atoms with van der Waals surface area (Å²) in [7, 11) is 3.15. The van der Waals surface area contributed by atoms with Crippen LogP contribution in [0.4, 0.5) is 0 Å². The fourth-order valence-electron chi connectivity index (χ4n) is 2.35. The molecule has 2 rings (SSSR count). The largest absolute Gasteiger partial charge is 0.493 e. The van der Waals surface area contributed by atoms with Crippen LogP contribution in [0, 0.1) is 0 Å². The molecule has 0 fully saturated rings. The Morgan fingerprint density at radius 1 is 1.17 bits per heavy atom. The van der Waals surface area contributed by atoms with Crippen molar-refractivity contribution in [2.24, 2.45) is 5.73 Å². The molecule has 2 aromatic rings. The van der Waals surface area contributed by atoms with Gasteiger partial charge < -0.3 is 20.5 Å². The summed E-state index contributed by atoms with van der Waals surface area (Å²) in [5.74, 6) is 1.03. The predicted octanol–water partition coefficient (Wildman–Crippen LogP) is 2.65. The second-order valence-electron chi connectivity index (χ2n) is 5.33. The number of nitrogens with two attached hydrogens (primary N) is 1. The van der Waals surface area contributed by atoms with Gasteiger partial charge in [-0.3, -0.25) is 4.79 Å². The van der Waals surface area contributed by atoms with E-state index in [-0.39, 0.29) is 5.91 Å². The first-order chi connectivity index (χ1) is 11.5. The molecule has 0 aliphatic rings. The lowest BCUT2D eigenvalue weighted by molar-refractivity contribution is -0.122. The smallest absolute Gasteiger partial charge is 0.237 e. The highest BCUT2D eigenvalue weighted by Gasteiger charge is 2.15. The third-order valence-electron chi connectivity index (χ3n) is 3.60. The Morgan fingerprint density at radius 3 is 2.50 bits per heavy atom. The molecule has 0 radical (unpaired) electrons. The molecule has 0 bridgehead atoms. The molecule has 0 aromatic heterocycles. The predicted molar refractivity (Wildman–Crippen MR) is 97.2 cm³/mol. The first kappa shape index (κ1) is 18.3. The van der Waals surface area contributed by atoms with Gasteiger partial charge >= 0.3 is 0 Å². The summed E-state index contributed by atoms with van der Waals surface area (Å²) in [6.07, 6.45) is 0.502. The van der Waals surface area contributed by atoms with Crippen molar-refractivity contribution >= 4 is 21.8 Å². The van der Waals surface area contributed by atoms with Crippen LogP contribution in [0.15, 0.2) is 46.9 Å². The van der Waals surface area contributed by atoms with Crippen LogP contribution >= 0.6 is 15.9 Å². The molecule has 128 valence electrons. The molecule has 0 spiro atoms. The number of hydrogen-bond donors (Lipinski definition) is 2. The maximum atomic E-state index is 12.2. The monoisotopic (exact) mass is 392 g/mol. The zero-order valence-corrected chi connectivity index (χ0v) is 15.3. The second-order valence-corrected chi connectivity index (χ2v) is 6.18. The highest BCUT2D eigenvalue weighted by atomic mass is 79.9. The highest BCUT2D eigenvalue weighted by Crippen LogP contribution is 2.36. The summed E-state index contributed by atoms with van der Waals surface area (Å²) in [4.78, 5) is 12.2. The van der Waals surface area contributed by atoms with Crippen molar-refractivity contribution in [3.8, 4) is 11.5 Å². The topological polar surface area (TPSA) is 73.6 Å². The van der Waals surface area contributed by atoms with Crippen molar-refractivity contribution in [2.45, 2.75) is 19.0 Å². The van der Waals surface area contributed by atoms with Gasteiger partial charge in [0.25, 0.3) is 0 Å². The Bertz CT molecular complexity index is 692. The van der Waals surface area contributed by atoms with Crippen molar-refractivity contribution < 1.29 is 14.3 Å². The van der Waals surface area contributed by atoms with Gasteiger partial charge in [-0.1, -0.05) is 30.3 Å². The van der Waals surface area contributed by atoms with Crippen molar-refractivity contribution in [3.63, 3.8) is 0 Å². The fourth-order valence-corrected chi connectivity index (χ4v) is 3.01. The van der Waals surface area contributed by atoms with E-state index < -0.39 is 6.04 Å². The summed E-state index contributed by atoms with van der Waals surface area (Å²) in [6.45, 7) is 0.361. The molecule has 0 saturated heterocycles. The molecule has 0 saturated carbocycles. The van der Waals surface area contributed by atoms with Gasteiger partial charge in [0.15, 0.2) is 11.5 Å². The molecule has 1 atom stereocenters. The number of hydrogen-bond acceptors (Lipinski definition) is 4. The Morgan fingerprint density at radius 2 is 1.88 bits per heavy atom. The molecule has 0 aliphatic carbocycles. The van der Waals surface area contributed by atoms with Crippen LogP contribution in [-0.2, 0) is 17.8 Å². The SMILES string of the molecule is COc1cc(CNC(=O)[C@@H](N)Cc2ccccc2)cc(Br)c1OC. The van der Waals surface area contributed by atoms with Crippen LogP contribution in [0.5, 0.6) is 11.5 Å². The first-order valence-corrected chi connectivity index (χ1v) is 8.32. The van der Waals surface area contributed by atoms with Crippen LogP contribution in [0.3, 0.4) is 0 Å². The van der Waals surface area contributed by atoms with Gasteiger partial charge in [0.2, 0.25) is 5.91 Å². The van der Waals surface area contributed by atoms with E-state index in [1.165, 1.54) is 0 Å². The third-order valence-corrected chi connectivity index (χ3v) is 4.18. The summed E-state index contributed by atoms with van der Waals surface area (Å²) >= 11 is 3.44. The van der Waals surface area contributed by atoms with Gasteiger partial charge in [-0.05, 0) is 45.6 Å². The number of amides is 1. The lowest BCUT2D eigenvalue weighted by Gasteiger charge is -2.14. The molecule has 6 heteroatoms. The zero-order valence-electron chi connectivity index (χ0n) is 13.7. The van der Waals surface area contributed by atoms with E-state index in [2.05, 4.69) is 21.2 Å². The van der Waals surface area contributed by atoms with E-state index in [1.54, 1.807) is 14.2 Å². The van der Waals surface area contributed by atoms with Crippen LogP contribution in [0.2, 0.25) is 0 Å². The maximum absolute atomic E-state index is 12.2. The van der Waals surface area contributed by atoms with Crippen molar-refractivity contribution in [3.05, 3.63) is 58.1 Å². The minimum atomic E-state index is -0.587. The average molecular weight is 393 g/mol. The molecule has 0 unspecified atom stereocenters. The first-order valence-electron chi connectivity index (χ1n) is 7.52. The van der Waals surface area contributed by atoms with Crippen LogP contribution < -0.4 is 20.5 Å². The number of ether oxygens (including phenoxy) is 2. The number of carbonyl (C=O) groups is 1. The molecule has 0 aliphatic heterocycles. The van der Waals surface area contributed by atoms with Gasteiger partial charge in [0.05, 0.1) is 24.7 Å².